The molecule has 1 aromatic carbocycles. The highest BCUT2D eigenvalue weighted by atomic mass is 35.5. The maximum absolute atomic E-state index is 14.5. The zero-order valence-electron chi connectivity index (χ0n) is 15.1. The standard InChI is InChI=1S/C19H13ClF2N6O2/c20-12-8-26-18-16(12)15(1-2-25-18)30-17-13(21)3-11(4-14(17)22)28-19(29)27-7-10-5-23-9-24-6-10/h1-6,8-9H,7H2,(H,25,26)(H2,27,28,29). The van der Waals surface area contributed by atoms with Crippen LogP contribution in [0.1, 0.15) is 5.56 Å². The zero-order chi connectivity index (χ0) is 21.1. The van der Waals surface area contributed by atoms with E-state index in [4.69, 9.17) is 16.3 Å². The van der Waals surface area contributed by atoms with Crippen LogP contribution in [-0.4, -0.2) is 26.0 Å². The summed E-state index contributed by atoms with van der Waals surface area (Å²) in [6.45, 7) is 0.147. The summed E-state index contributed by atoms with van der Waals surface area (Å²) in [4.78, 5) is 26.5. The minimum atomic E-state index is -1.00. The van der Waals surface area contributed by atoms with Gasteiger partial charge in [0.15, 0.2) is 17.4 Å². The van der Waals surface area contributed by atoms with Gasteiger partial charge in [0.2, 0.25) is 0 Å². The number of anilines is 1. The maximum atomic E-state index is 14.5. The van der Waals surface area contributed by atoms with Crippen LogP contribution in [0.15, 0.2) is 49.3 Å². The predicted octanol–water partition coefficient (Wildman–Crippen LogP) is 4.40. The second-order valence-corrected chi connectivity index (χ2v) is 6.50. The van der Waals surface area contributed by atoms with Crippen LogP contribution in [0, 0.1) is 11.6 Å². The number of nitrogens with zero attached hydrogens (tertiary/aromatic N) is 3. The lowest BCUT2D eigenvalue weighted by atomic mass is 10.2. The van der Waals surface area contributed by atoms with E-state index in [1.807, 2.05) is 0 Å². The molecule has 0 atom stereocenters. The van der Waals surface area contributed by atoms with Gasteiger partial charge in [0.1, 0.15) is 17.7 Å². The Hall–Kier alpha value is -3.79. The molecule has 0 saturated heterocycles. The number of pyridine rings is 1. The molecule has 0 unspecified atom stereocenters. The van der Waals surface area contributed by atoms with Crippen LogP contribution in [0.3, 0.4) is 0 Å². The van der Waals surface area contributed by atoms with Crippen molar-refractivity contribution in [1.29, 1.82) is 0 Å². The summed E-state index contributed by atoms with van der Waals surface area (Å²) in [5.41, 5.74) is 0.997. The third-order valence-corrected chi connectivity index (χ3v) is 4.32. The number of ether oxygens (including phenoxy) is 1. The Morgan fingerprint density at radius 3 is 2.67 bits per heavy atom. The van der Waals surface area contributed by atoms with Gasteiger partial charge in [-0.25, -0.2) is 28.5 Å². The summed E-state index contributed by atoms with van der Waals surface area (Å²) in [6.07, 6.45) is 7.33. The van der Waals surface area contributed by atoms with Crippen LogP contribution in [0.5, 0.6) is 11.5 Å². The molecule has 0 saturated carbocycles. The van der Waals surface area contributed by atoms with Crippen molar-refractivity contribution < 1.29 is 18.3 Å². The number of hydrogen-bond acceptors (Lipinski definition) is 5. The summed E-state index contributed by atoms with van der Waals surface area (Å²) >= 11 is 6.08. The number of hydrogen-bond donors (Lipinski definition) is 3. The minimum Gasteiger partial charge on any atom is -0.450 e. The van der Waals surface area contributed by atoms with Crippen molar-refractivity contribution in [1.82, 2.24) is 25.3 Å². The number of aromatic amines is 1. The highest BCUT2D eigenvalue weighted by molar-refractivity contribution is 6.36. The average molecular weight is 431 g/mol. The van der Waals surface area contributed by atoms with Gasteiger partial charge in [-0.1, -0.05) is 11.6 Å². The predicted molar refractivity (Wildman–Crippen MR) is 105 cm³/mol. The topological polar surface area (TPSA) is 105 Å². The van der Waals surface area contributed by atoms with Crippen LogP contribution >= 0.6 is 11.6 Å². The molecule has 3 N–H and O–H groups in total. The Labute approximate surface area is 173 Å². The van der Waals surface area contributed by atoms with Crippen LogP contribution < -0.4 is 15.4 Å². The molecule has 3 aromatic heterocycles. The second kappa shape index (κ2) is 8.29. The summed E-state index contributed by atoms with van der Waals surface area (Å²) in [7, 11) is 0. The molecule has 3 heterocycles. The lowest BCUT2D eigenvalue weighted by Gasteiger charge is -2.12. The van der Waals surface area contributed by atoms with Gasteiger partial charge in [0.05, 0.1) is 10.4 Å². The summed E-state index contributed by atoms with van der Waals surface area (Å²) in [6, 6.07) is 2.68. The molecule has 0 radical (unpaired) electrons. The fraction of sp³-hybridized carbons (Fsp3) is 0.0526. The lowest BCUT2D eigenvalue weighted by molar-refractivity contribution is 0.251. The first-order chi connectivity index (χ1) is 14.5. The summed E-state index contributed by atoms with van der Waals surface area (Å²) in [5, 5.41) is 5.58. The van der Waals surface area contributed by atoms with Crippen LogP contribution in [0.2, 0.25) is 5.02 Å². The number of amides is 2. The van der Waals surface area contributed by atoms with Gasteiger partial charge >= 0.3 is 6.03 Å². The van der Waals surface area contributed by atoms with Crippen molar-refractivity contribution in [2.45, 2.75) is 6.54 Å². The van der Waals surface area contributed by atoms with Crippen molar-refractivity contribution in [2.24, 2.45) is 0 Å². The normalized spacial score (nSPS) is 10.8. The number of nitrogens with one attached hydrogen (secondary N) is 3. The number of halogens is 3. The van der Waals surface area contributed by atoms with E-state index in [0.717, 1.165) is 12.1 Å². The highest BCUT2D eigenvalue weighted by Gasteiger charge is 2.18. The Balaban J connectivity index is 1.49. The van der Waals surface area contributed by atoms with E-state index in [-0.39, 0.29) is 18.0 Å². The van der Waals surface area contributed by atoms with Crippen LogP contribution in [0.25, 0.3) is 11.0 Å². The van der Waals surface area contributed by atoms with Crippen molar-refractivity contribution in [2.75, 3.05) is 5.32 Å². The number of urea groups is 1. The van der Waals surface area contributed by atoms with Gasteiger partial charge in [-0.15, -0.1) is 0 Å². The van der Waals surface area contributed by atoms with Gasteiger partial charge in [0, 0.05) is 54.7 Å². The molecule has 11 heteroatoms. The SMILES string of the molecule is O=C(NCc1cncnc1)Nc1cc(F)c(Oc2ccnc3[nH]cc(Cl)c23)c(F)c1. The van der Waals surface area contributed by atoms with E-state index in [0.29, 0.717) is 21.6 Å². The van der Waals surface area contributed by atoms with E-state index >= 15 is 0 Å². The molecule has 0 bridgehead atoms. The minimum absolute atomic E-state index is 0.0845. The molecule has 0 aliphatic heterocycles. The number of carbonyl (C=O) groups is 1. The number of fused-ring (bicyclic) bond motifs is 1. The second-order valence-electron chi connectivity index (χ2n) is 6.09. The lowest BCUT2D eigenvalue weighted by Crippen LogP contribution is -2.28. The Morgan fingerprint density at radius 2 is 1.93 bits per heavy atom. The smallest absolute Gasteiger partial charge is 0.319 e. The van der Waals surface area contributed by atoms with Crippen molar-refractivity contribution in [3.05, 3.63) is 71.5 Å². The molecule has 4 rings (SSSR count). The van der Waals surface area contributed by atoms with Crippen LogP contribution in [0.4, 0.5) is 19.3 Å². The van der Waals surface area contributed by atoms with E-state index in [1.54, 1.807) is 0 Å². The molecule has 30 heavy (non-hydrogen) atoms. The monoisotopic (exact) mass is 430 g/mol. The van der Waals surface area contributed by atoms with Crippen molar-refractivity contribution in [3.8, 4) is 11.5 Å². The fourth-order valence-corrected chi connectivity index (χ4v) is 2.93. The number of benzene rings is 1. The van der Waals surface area contributed by atoms with E-state index < -0.39 is 23.4 Å². The molecular weight excluding hydrogens is 418 g/mol. The zero-order valence-corrected chi connectivity index (χ0v) is 15.9. The fourth-order valence-electron chi connectivity index (χ4n) is 2.69. The molecule has 2 amide bonds. The maximum Gasteiger partial charge on any atom is 0.319 e. The van der Waals surface area contributed by atoms with Crippen molar-refractivity contribution >= 4 is 34.4 Å². The Bertz CT molecular complexity index is 1200. The van der Waals surface area contributed by atoms with Gasteiger partial charge in [0.25, 0.3) is 0 Å². The molecule has 4 aromatic rings. The highest BCUT2D eigenvalue weighted by Crippen LogP contribution is 2.36. The largest absolute Gasteiger partial charge is 0.450 e. The summed E-state index contributed by atoms with van der Waals surface area (Å²) in [5.74, 6) is -2.50. The van der Waals surface area contributed by atoms with Gasteiger partial charge in [-0.2, -0.15) is 0 Å². The Morgan fingerprint density at radius 1 is 1.20 bits per heavy atom. The molecule has 0 spiro atoms. The summed E-state index contributed by atoms with van der Waals surface area (Å²) < 4.78 is 34.5. The quantitative estimate of drug-likeness (QED) is 0.435. The first-order valence-corrected chi connectivity index (χ1v) is 8.96. The number of aromatic nitrogens is 4. The van der Waals surface area contributed by atoms with E-state index in [1.165, 1.54) is 37.2 Å². The first-order valence-electron chi connectivity index (χ1n) is 8.58. The third-order valence-electron chi connectivity index (χ3n) is 4.02. The molecule has 0 fully saturated rings. The molecule has 0 aliphatic carbocycles. The number of carbonyl (C=O) groups excluding carboxylic acids is 1. The molecular formula is C19H13ClF2N6O2. The van der Waals surface area contributed by atoms with E-state index in [9.17, 15) is 13.6 Å². The molecule has 152 valence electrons. The third kappa shape index (κ3) is 4.13. The van der Waals surface area contributed by atoms with Gasteiger partial charge in [-0.3, -0.25) is 0 Å². The molecule has 0 aliphatic rings. The van der Waals surface area contributed by atoms with E-state index in [2.05, 4.69) is 30.6 Å². The average Bonchev–Trinajstić information content (AvgIpc) is 3.12. The Kier molecular flexibility index (Phi) is 5.40. The van der Waals surface area contributed by atoms with Crippen molar-refractivity contribution in [3.63, 3.8) is 0 Å². The van der Waals surface area contributed by atoms with Crippen LogP contribution in [-0.2, 0) is 6.54 Å². The first kappa shape index (κ1) is 19.5. The van der Waals surface area contributed by atoms with Gasteiger partial charge < -0.3 is 20.4 Å². The number of rotatable bonds is 5. The molecule has 8 nitrogen and oxygen atoms in total. The number of H-pyrrole nitrogens is 1. The van der Waals surface area contributed by atoms with Gasteiger partial charge in [-0.05, 0) is 6.07 Å².